The second kappa shape index (κ2) is 9.06. The molecule has 0 bridgehead atoms. The minimum Gasteiger partial charge on any atom is -0.473 e. The van der Waals surface area contributed by atoms with Crippen LogP contribution in [0.5, 0.6) is 5.88 Å². The van der Waals surface area contributed by atoms with Gasteiger partial charge in [-0.2, -0.15) is 4.98 Å². The van der Waals surface area contributed by atoms with E-state index in [4.69, 9.17) is 21.4 Å². The van der Waals surface area contributed by atoms with Crippen molar-refractivity contribution in [2.45, 2.75) is 12.6 Å². The Kier molecular flexibility index (Phi) is 6.50. The zero-order chi connectivity index (χ0) is 21.0. The van der Waals surface area contributed by atoms with Crippen molar-refractivity contribution in [3.8, 4) is 5.88 Å². The number of rotatable bonds is 6. The number of carbonyl (C=O) groups is 2. The summed E-state index contributed by atoms with van der Waals surface area (Å²) in [5, 5.41) is 19.1. The molecule has 2 heterocycles. The summed E-state index contributed by atoms with van der Waals surface area (Å²) in [6, 6.07) is 6.68. The Morgan fingerprint density at radius 3 is 2.79 bits per heavy atom. The van der Waals surface area contributed by atoms with Gasteiger partial charge in [0.15, 0.2) is 6.29 Å². The van der Waals surface area contributed by atoms with E-state index in [2.05, 4.69) is 4.98 Å². The zero-order valence-corrected chi connectivity index (χ0v) is 16.0. The standard InChI is InChI=1S/C19H19ClFN3O5/c20-14-3-1-13(16(21)7-14)11-29-17-4-2-12(9-25)18(22-17)24-6-5-23(19(27)28)8-15(24)10-26/h1-4,7,9,15,26H,5-6,8,10-11H2,(H,27,28)/t15-/m0/s1. The number of aliphatic hydroxyl groups is 1. The van der Waals surface area contributed by atoms with Gasteiger partial charge in [0.1, 0.15) is 18.2 Å². The van der Waals surface area contributed by atoms with Crippen LogP contribution >= 0.6 is 11.6 Å². The van der Waals surface area contributed by atoms with Gasteiger partial charge in [0.25, 0.3) is 0 Å². The molecule has 154 valence electrons. The topological polar surface area (TPSA) is 103 Å². The highest BCUT2D eigenvalue weighted by atomic mass is 35.5. The van der Waals surface area contributed by atoms with Crippen LogP contribution < -0.4 is 9.64 Å². The van der Waals surface area contributed by atoms with Crippen LogP contribution in [0, 0.1) is 5.82 Å². The van der Waals surface area contributed by atoms with Crippen molar-refractivity contribution >= 4 is 29.8 Å². The number of piperazine rings is 1. The molecule has 29 heavy (non-hydrogen) atoms. The Hall–Kier alpha value is -2.91. The Morgan fingerprint density at radius 2 is 2.14 bits per heavy atom. The quantitative estimate of drug-likeness (QED) is 0.688. The molecule has 8 nitrogen and oxygen atoms in total. The second-order valence-corrected chi connectivity index (χ2v) is 6.90. The van der Waals surface area contributed by atoms with Crippen LogP contribution in [0.3, 0.4) is 0 Å². The largest absolute Gasteiger partial charge is 0.473 e. The number of pyridine rings is 1. The monoisotopic (exact) mass is 423 g/mol. The number of ether oxygens (including phenoxy) is 1. The van der Waals surface area contributed by atoms with Crippen molar-refractivity contribution < 1.29 is 28.9 Å². The average Bonchev–Trinajstić information content (AvgIpc) is 2.72. The van der Waals surface area contributed by atoms with Gasteiger partial charge in [-0.1, -0.05) is 17.7 Å². The van der Waals surface area contributed by atoms with E-state index in [1.54, 1.807) is 11.0 Å². The highest BCUT2D eigenvalue weighted by Crippen LogP contribution is 2.26. The van der Waals surface area contributed by atoms with E-state index in [1.165, 1.54) is 29.2 Å². The van der Waals surface area contributed by atoms with Gasteiger partial charge in [0.05, 0.1) is 18.2 Å². The van der Waals surface area contributed by atoms with Crippen LogP contribution in [-0.4, -0.2) is 64.8 Å². The van der Waals surface area contributed by atoms with Crippen molar-refractivity contribution in [2.75, 3.05) is 31.1 Å². The predicted octanol–water partition coefficient (Wildman–Crippen LogP) is 2.43. The number of carbonyl (C=O) groups excluding carboxylic acids is 1. The summed E-state index contributed by atoms with van der Waals surface area (Å²) in [6.45, 7) is 0.122. The van der Waals surface area contributed by atoms with Crippen LogP contribution in [-0.2, 0) is 6.61 Å². The Balaban J connectivity index is 1.81. The van der Waals surface area contributed by atoms with Crippen molar-refractivity contribution in [3.63, 3.8) is 0 Å². The van der Waals surface area contributed by atoms with E-state index >= 15 is 0 Å². The molecule has 1 saturated heterocycles. The maximum absolute atomic E-state index is 13.9. The molecule has 1 aromatic heterocycles. The molecule has 1 atom stereocenters. The van der Waals surface area contributed by atoms with Crippen molar-refractivity contribution in [1.29, 1.82) is 0 Å². The fraction of sp³-hybridized carbons (Fsp3) is 0.316. The molecule has 1 fully saturated rings. The van der Waals surface area contributed by atoms with E-state index in [0.29, 0.717) is 11.8 Å². The molecule has 1 amide bonds. The third-order valence-corrected chi connectivity index (χ3v) is 4.87. The second-order valence-electron chi connectivity index (χ2n) is 6.46. The van der Waals surface area contributed by atoms with E-state index in [0.717, 1.165) is 0 Å². The first kappa shape index (κ1) is 20.8. The number of halogens is 2. The lowest BCUT2D eigenvalue weighted by Crippen LogP contribution is -2.56. The average molecular weight is 424 g/mol. The molecule has 2 aromatic rings. The van der Waals surface area contributed by atoms with Gasteiger partial charge >= 0.3 is 6.09 Å². The first-order chi connectivity index (χ1) is 13.9. The Morgan fingerprint density at radius 1 is 1.34 bits per heavy atom. The maximum atomic E-state index is 13.9. The van der Waals surface area contributed by atoms with Gasteiger partial charge in [0.2, 0.25) is 5.88 Å². The molecule has 10 heteroatoms. The number of anilines is 1. The van der Waals surface area contributed by atoms with Crippen LogP contribution in [0.2, 0.25) is 5.02 Å². The number of carboxylic acid groups (broad SMARTS) is 1. The first-order valence-electron chi connectivity index (χ1n) is 8.81. The van der Waals surface area contributed by atoms with Gasteiger partial charge in [-0.25, -0.2) is 9.18 Å². The molecule has 0 spiro atoms. The summed E-state index contributed by atoms with van der Waals surface area (Å²) in [5.74, 6) is -0.0668. The normalized spacial score (nSPS) is 16.6. The molecule has 1 aliphatic rings. The van der Waals surface area contributed by atoms with Gasteiger partial charge < -0.3 is 24.7 Å². The smallest absolute Gasteiger partial charge is 0.407 e. The molecule has 2 N–H and O–H groups in total. The molecule has 1 aromatic carbocycles. The number of amides is 1. The van der Waals surface area contributed by atoms with Crippen molar-refractivity contribution in [3.05, 3.63) is 52.3 Å². The van der Waals surface area contributed by atoms with Gasteiger partial charge in [-0.15, -0.1) is 0 Å². The minimum atomic E-state index is -1.08. The summed E-state index contributed by atoms with van der Waals surface area (Å²) in [7, 11) is 0. The minimum absolute atomic E-state index is 0.0763. The summed E-state index contributed by atoms with van der Waals surface area (Å²) >= 11 is 5.74. The first-order valence-corrected chi connectivity index (χ1v) is 9.19. The van der Waals surface area contributed by atoms with Crippen LogP contribution in [0.4, 0.5) is 15.0 Å². The Bertz CT molecular complexity index is 913. The van der Waals surface area contributed by atoms with Crippen molar-refractivity contribution in [1.82, 2.24) is 9.88 Å². The molecular weight excluding hydrogens is 405 g/mol. The number of benzene rings is 1. The van der Waals surface area contributed by atoms with Crippen LogP contribution in [0.25, 0.3) is 0 Å². The number of hydrogen-bond donors (Lipinski definition) is 2. The van der Waals surface area contributed by atoms with Gasteiger partial charge in [-0.3, -0.25) is 4.79 Å². The number of aldehydes is 1. The summed E-state index contributed by atoms with van der Waals surface area (Å²) < 4.78 is 19.5. The molecule has 1 aliphatic heterocycles. The maximum Gasteiger partial charge on any atom is 0.407 e. The molecule has 0 unspecified atom stereocenters. The fourth-order valence-electron chi connectivity index (χ4n) is 3.10. The van der Waals surface area contributed by atoms with Crippen molar-refractivity contribution in [2.24, 2.45) is 0 Å². The number of nitrogens with zero attached hydrogens (tertiary/aromatic N) is 3. The summed E-state index contributed by atoms with van der Waals surface area (Å²) in [6.07, 6.45) is -0.447. The number of hydrogen-bond acceptors (Lipinski definition) is 6. The zero-order valence-electron chi connectivity index (χ0n) is 15.3. The predicted molar refractivity (Wildman–Crippen MR) is 103 cm³/mol. The van der Waals surface area contributed by atoms with Crippen LogP contribution in [0.15, 0.2) is 30.3 Å². The Labute approximate surface area is 171 Å². The lowest BCUT2D eigenvalue weighted by molar-refractivity contribution is 0.111. The lowest BCUT2D eigenvalue weighted by Gasteiger charge is -2.40. The van der Waals surface area contributed by atoms with Gasteiger partial charge in [-0.05, 0) is 18.2 Å². The SMILES string of the molecule is O=Cc1ccc(OCc2ccc(Cl)cc2F)nc1N1CCN(C(=O)O)C[C@H]1CO. The summed E-state index contributed by atoms with van der Waals surface area (Å²) in [5.41, 5.74) is 0.567. The number of aromatic nitrogens is 1. The lowest BCUT2D eigenvalue weighted by atomic mass is 10.1. The van der Waals surface area contributed by atoms with Crippen LogP contribution in [0.1, 0.15) is 15.9 Å². The van der Waals surface area contributed by atoms with E-state index in [-0.39, 0.29) is 55.1 Å². The highest BCUT2D eigenvalue weighted by molar-refractivity contribution is 6.30. The number of aliphatic hydroxyl groups excluding tert-OH is 1. The molecule has 0 aliphatic carbocycles. The van der Waals surface area contributed by atoms with E-state index < -0.39 is 18.0 Å². The molecule has 0 saturated carbocycles. The third kappa shape index (κ3) is 4.75. The van der Waals surface area contributed by atoms with E-state index in [9.17, 15) is 19.1 Å². The molecular formula is C19H19ClFN3O5. The third-order valence-electron chi connectivity index (χ3n) is 4.63. The highest BCUT2D eigenvalue weighted by Gasteiger charge is 2.31. The summed E-state index contributed by atoms with van der Waals surface area (Å²) in [4.78, 5) is 29.9. The fourth-order valence-corrected chi connectivity index (χ4v) is 3.26. The van der Waals surface area contributed by atoms with Gasteiger partial charge in [0, 0.05) is 36.3 Å². The van der Waals surface area contributed by atoms with E-state index in [1.807, 2.05) is 0 Å². The molecule has 0 radical (unpaired) electrons. The molecule has 3 rings (SSSR count).